The second kappa shape index (κ2) is 7.99. The van der Waals surface area contributed by atoms with Crippen LogP contribution in [0.3, 0.4) is 0 Å². The zero-order chi connectivity index (χ0) is 15.9. The van der Waals surface area contributed by atoms with Crippen molar-refractivity contribution in [1.29, 1.82) is 0 Å². The Labute approximate surface area is 121 Å². The lowest BCUT2D eigenvalue weighted by molar-refractivity contribution is -0.137. The Morgan fingerprint density at radius 3 is 2.43 bits per heavy atom. The lowest BCUT2D eigenvalue weighted by Crippen LogP contribution is -2.36. The third kappa shape index (κ3) is 6.14. The molecule has 0 bridgehead atoms. The molecule has 1 amide bonds. The molecule has 1 aromatic rings. The van der Waals surface area contributed by atoms with Crippen molar-refractivity contribution in [2.45, 2.75) is 19.1 Å². The molecule has 0 heterocycles. The molecule has 1 unspecified atom stereocenters. The molecule has 1 rings (SSSR count). The summed E-state index contributed by atoms with van der Waals surface area (Å²) in [5.74, 6) is -0.189. The lowest BCUT2D eigenvalue weighted by atomic mass is 10.1. The van der Waals surface area contributed by atoms with E-state index in [1.165, 1.54) is 19.2 Å². The van der Waals surface area contributed by atoms with Gasteiger partial charge in [-0.2, -0.15) is 13.2 Å². The van der Waals surface area contributed by atoms with E-state index >= 15 is 0 Å². The molecule has 0 aliphatic carbocycles. The van der Waals surface area contributed by atoms with Gasteiger partial charge in [0.1, 0.15) is 0 Å². The van der Waals surface area contributed by atoms with Crippen LogP contribution in [0.1, 0.15) is 24.1 Å². The molecule has 0 radical (unpaired) electrons. The number of ether oxygens (including phenoxy) is 1. The van der Waals surface area contributed by atoms with Crippen LogP contribution in [0, 0.1) is 0 Å². The zero-order valence-corrected chi connectivity index (χ0v) is 12.0. The fraction of sp³-hybridized carbons (Fsp3) is 0.500. The Morgan fingerprint density at radius 2 is 1.90 bits per heavy atom. The number of rotatable bonds is 7. The molecule has 0 saturated heterocycles. The van der Waals surface area contributed by atoms with Gasteiger partial charge in [0.15, 0.2) is 0 Å². The van der Waals surface area contributed by atoms with Gasteiger partial charge in [-0.15, -0.1) is 0 Å². The Morgan fingerprint density at radius 1 is 1.29 bits per heavy atom. The number of benzene rings is 1. The maximum atomic E-state index is 12.4. The molecule has 2 N–H and O–H groups in total. The first-order chi connectivity index (χ1) is 9.84. The van der Waals surface area contributed by atoms with Crippen LogP contribution >= 0.6 is 0 Å². The Bertz CT molecular complexity index is 447. The molecular formula is C14H19F3N2O2. The van der Waals surface area contributed by atoms with Crippen LogP contribution in [0.15, 0.2) is 24.3 Å². The molecule has 21 heavy (non-hydrogen) atoms. The van der Waals surface area contributed by atoms with E-state index < -0.39 is 11.7 Å². The molecule has 0 aliphatic heterocycles. The topological polar surface area (TPSA) is 50.4 Å². The van der Waals surface area contributed by atoms with E-state index in [0.717, 1.165) is 12.1 Å². The summed E-state index contributed by atoms with van der Waals surface area (Å²) in [6.07, 6.45) is -4.34. The highest BCUT2D eigenvalue weighted by Gasteiger charge is 2.30. The fourth-order valence-corrected chi connectivity index (χ4v) is 1.68. The van der Waals surface area contributed by atoms with Crippen LogP contribution in [0.2, 0.25) is 0 Å². The second-order valence-corrected chi connectivity index (χ2v) is 4.57. The minimum absolute atomic E-state index is 0.0892. The molecule has 0 spiro atoms. The summed E-state index contributed by atoms with van der Waals surface area (Å²) in [6, 6.07) is 4.66. The maximum absolute atomic E-state index is 12.4. The molecule has 0 saturated carbocycles. The van der Waals surface area contributed by atoms with Crippen LogP contribution in [-0.4, -0.2) is 32.7 Å². The lowest BCUT2D eigenvalue weighted by Gasteiger charge is -2.15. The normalized spacial score (nSPS) is 13.0. The van der Waals surface area contributed by atoms with Crippen LogP contribution < -0.4 is 10.6 Å². The number of halogens is 3. The monoisotopic (exact) mass is 304 g/mol. The molecular weight excluding hydrogens is 285 g/mol. The van der Waals surface area contributed by atoms with Gasteiger partial charge in [-0.1, -0.05) is 12.1 Å². The van der Waals surface area contributed by atoms with E-state index in [4.69, 9.17) is 4.74 Å². The van der Waals surface area contributed by atoms with Crippen LogP contribution in [0.5, 0.6) is 0 Å². The van der Waals surface area contributed by atoms with Gasteiger partial charge in [0.2, 0.25) is 5.91 Å². The molecule has 1 aromatic carbocycles. The smallest absolute Gasteiger partial charge is 0.383 e. The molecule has 7 heteroatoms. The number of carbonyl (C=O) groups is 1. The van der Waals surface area contributed by atoms with Gasteiger partial charge in [-0.25, -0.2) is 0 Å². The summed E-state index contributed by atoms with van der Waals surface area (Å²) in [6.45, 7) is 2.73. The van der Waals surface area contributed by atoms with Gasteiger partial charge < -0.3 is 15.4 Å². The first-order valence-corrected chi connectivity index (χ1v) is 6.50. The summed E-state index contributed by atoms with van der Waals surface area (Å²) in [5.41, 5.74) is 0.00319. The Balaban J connectivity index is 2.45. The van der Waals surface area contributed by atoms with Gasteiger partial charge in [0, 0.05) is 19.7 Å². The van der Waals surface area contributed by atoms with Crippen LogP contribution in [-0.2, 0) is 15.7 Å². The average molecular weight is 304 g/mol. The first kappa shape index (κ1) is 17.5. The van der Waals surface area contributed by atoms with E-state index in [0.29, 0.717) is 18.7 Å². The molecule has 0 aliphatic rings. The van der Waals surface area contributed by atoms with Gasteiger partial charge in [-0.05, 0) is 24.6 Å². The molecule has 118 valence electrons. The molecule has 0 fully saturated rings. The number of amides is 1. The van der Waals surface area contributed by atoms with Crippen molar-refractivity contribution in [3.63, 3.8) is 0 Å². The highest BCUT2D eigenvalue weighted by atomic mass is 19.4. The number of hydrogen-bond acceptors (Lipinski definition) is 3. The largest absolute Gasteiger partial charge is 0.416 e. The van der Waals surface area contributed by atoms with Crippen molar-refractivity contribution in [3.8, 4) is 0 Å². The van der Waals surface area contributed by atoms with Crippen molar-refractivity contribution in [2.75, 3.05) is 26.8 Å². The standard InChI is InChI=1S/C14H19F3N2O2/c1-10(19-9-13(20)18-7-8-21-2)11-3-5-12(6-4-11)14(15,16)17/h3-6,10,19H,7-9H2,1-2H3,(H,18,20). The third-order valence-electron chi connectivity index (χ3n) is 2.94. The van der Waals surface area contributed by atoms with Gasteiger partial charge >= 0.3 is 6.18 Å². The highest BCUT2D eigenvalue weighted by Crippen LogP contribution is 2.29. The number of alkyl halides is 3. The number of nitrogens with one attached hydrogen (secondary N) is 2. The van der Waals surface area contributed by atoms with E-state index in [2.05, 4.69) is 10.6 Å². The quantitative estimate of drug-likeness (QED) is 0.759. The molecule has 4 nitrogen and oxygen atoms in total. The van der Waals surface area contributed by atoms with E-state index in [1.54, 1.807) is 6.92 Å². The number of hydrogen-bond donors (Lipinski definition) is 2. The van der Waals surface area contributed by atoms with Crippen molar-refractivity contribution < 1.29 is 22.7 Å². The van der Waals surface area contributed by atoms with E-state index in [9.17, 15) is 18.0 Å². The van der Waals surface area contributed by atoms with Crippen molar-refractivity contribution in [1.82, 2.24) is 10.6 Å². The summed E-state index contributed by atoms with van der Waals surface area (Å²) >= 11 is 0. The van der Waals surface area contributed by atoms with Crippen molar-refractivity contribution in [2.24, 2.45) is 0 Å². The maximum Gasteiger partial charge on any atom is 0.416 e. The first-order valence-electron chi connectivity index (χ1n) is 6.50. The summed E-state index contributed by atoms with van der Waals surface area (Å²) in [5, 5.41) is 5.59. The minimum atomic E-state index is -4.34. The predicted octanol–water partition coefficient (Wildman–Crippen LogP) is 2.12. The predicted molar refractivity (Wildman–Crippen MR) is 72.7 cm³/mol. The summed E-state index contributed by atoms with van der Waals surface area (Å²) < 4.78 is 42.1. The van der Waals surface area contributed by atoms with Crippen molar-refractivity contribution >= 4 is 5.91 Å². The average Bonchev–Trinajstić information content (AvgIpc) is 2.44. The zero-order valence-electron chi connectivity index (χ0n) is 12.0. The minimum Gasteiger partial charge on any atom is -0.383 e. The van der Waals surface area contributed by atoms with E-state index in [-0.39, 0.29) is 18.5 Å². The van der Waals surface area contributed by atoms with Gasteiger partial charge in [0.25, 0.3) is 0 Å². The SMILES string of the molecule is COCCNC(=O)CNC(C)c1ccc(C(F)(F)F)cc1. The molecule has 1 atom stereocenters. The van der Waals surface area contributed by atoms with Gasteiger partial charge in [-0.3, -0.25) is 4.79 Å². The summed E-state index contributed by atoms with van der Waals surface area (Å²) in [7, 11) is 1.54. The number of methoxy groups -OCH3 is 1. The number of carbonyl (C=O) groups excluding carboxylic acids is 1. The fourth-order valence-electron chi connectivity index (χ4n) is 1.68. The van der Waals surface area contributed by atoms with Gasteiger partial charge in [0.05, 0.1) is 18.7 Å². The second-order valence-electron chi connectivity index (χ2n) is 4.57. The Hall–Kier alpha value is -1.60. The van der Waals surface area contributed by atoms with Crippen LogP contribution in [0.4, 0.5) is 13.2 Å². The van der Waals surface area contributed by atoms with Crippen LogP contribution in [0.25, 0.3) is 0 Å². The molecule has 0 aromatic heterocycles. The van der Waals surface area contributed by atoms with Crippen molar-refractivity contribution in [3.05, 3.63) is 35.4 Å². The third-order valence-corrected chi connectivity index (χ3v) is 2.94. The highest BCUT2D eigenvalue weighted by molar-refractivity contribution is 5.78. The summed E-state index contributed by atoms with van der Waals surface area (Å²) in [4.78, 5) is 11.5. The van der Waals surface area contributed by atoms with E-state index in [1.807, 2.05) is 0 Å². The Kier molecular flexibility index (Phi) is 6.64.